The predicted octanol–water partition coefficient (Wildman–Crippen LogP) is 2.44. The monoisotopic (exact) mass is 252 g/mol. The second-order valence-electron chi connectivity index (χ2n) is 4.47. The Hall–Kier alpha value is -1.22. The second kappa shape index (κ2) is 5.41. The lowest BCUT2D eigenvalue weighted by Crippen LogP contribution is -2.47. The Morgan fingerprint density at radius 1 is 1.53 bits per heavy atom. The van der Waals surface area contributed by atoms with Gasteiger partial charge in [0.05, 0.1) is 0 Å². The van der Waals surface area contributed by atoms with E-state index in [-0.39, 0.29) is 11.9 Å². The number of benzene rings is 1. The molecule has 1 aliphatic heterocycles. The molecule has 1 aromatic rings. The summed E-state index contributed by atoms with van der Waals surface area (Å²) in [6.45, 7) is 3.45. The van der Waals surface area contributed by atoms with Crippen LogP contribution in [0.4, 0.5) is 5.69 Å². The lowest BCUT2D eigenvalue weighted by atomic mass is 10.0. The smallest absolute Gasteiger partial charge is 0.217 e. The largest absolute Gasteiger partial charge is 0.369 e. The van der Waals surface area contributed by atoms with Gasteiger partial charge in [0.25, 0.3) is 0 Å². The fourth-order valence-corrected chi connectivity index (χ4v) is 2.47. The zero-order valence-corrected chi connectivity index (χ0v) is 10.7. The molecule has 1 amide bonds. The molecule has 0 spiro atoms. The van der Waals surface area contributed by atoms with Gasteiger partial charge in [-0.1, -0.05) is 17.7 Å². The summed E-state index contributed by atoms with van der Waals surface area (Å²) in [5.41, 5.74) is 1.13. The lowest BCUT2D eigenvalue weighted by Gasteiger charge is -2.34. The molecular weight excluding hydrogens is 236 g/mol. The summed E-state index contributed by atoms with van der Waals surface area (Å²) in [6, 6.07) is 8.11. The number of piperidine rings is 1. The summed E-state index contributed by atoms with van der Waals surface area (Å²) in [6.07, 6.45) is 2.15. The van der Waals surface area contributed by atoms with E-state index < -0.39 is 0 Å². The van der Waals surface area contributed by atoms with Crippen molar-refractivity contribution in [1.29, 1.82) is 0 Å². The minimum atomic E-state index is 0.0444. The van der Waals surface area contributed by atoms with E-state index in [1.54, 1.807) is 6.92 Å². The van der Waals surface area contributed by atoms with Crippen LogP contribution in [-0.4, -0.2) is 25.0 Å². The van der Waals surface area contributed by atoms with Gasteiger partial charge in [-0.2, -0.15) is 0 Å². The molecule has 1 atom stereocenters. The zero-order valence-electron chi connectivity index (χ0n) is 9.95. The van der Waals surface area contributed by atoms with Crippen molar-refractivity contribution in [3.63, 3.8) is 0 Å². The van der Waals surface area contributed by atoms with Gasteiger partial charge in [-0.3, -0.25) is 4.79 Å². The van der Waals surface area contributed by atoms with Crippen LogP contribution in [0.3, 0.4) is 0 Å². The molecule has 1 N–H and O–H groups in total. The number of carbonyl (C=O) groups excluding carboxylic acids is 1. The molecule has 1 heterocycles. The number of nitrogens with zero attached hydrogens (tertiary/aromatic N) is 1. The molecule has 3 nitrogen and oxygen atoms in total. The number of nitrogens with one attached hydrogen (secondary N) is 1. The van der Waals surface area contributed by atoms with Crippen molar-refractivity contribution in [2.75, 3.05) is 18.0 Å². The minimum Gasteiger partial charge on any atom is -0.369 e. The van der Waals surface area contributed by atoms with E-state index >= 15 is 0 Å². The number of halogens is 1. The molecule has 0 radical (unpaired) electrons. The van der Waals surface area contributed by atoms with E-state index in [1.165, 1.54) is 0 Å². The first-order valence-electron chi connectivity index (χ1n) is 5.93. The molecule has 92 valence electrons. The fraction of sp³-hybridized carbons (Fsp3) is 0.462. The highest BCUT2D eigenvalue weighted by molar-refractivity contribution is 6.30. The summed E-state index contributed by atoms with van der Waals surface area (Å²) >= 11 is 5.99. The Bertz CT molecular complexity index is 408. The van der Waals surface area contributed by atoms with Crippen molar-refractivity contribution in [3.8, 4) is 0 Å². The van der Waals surface area contributed by atoms with E-state index in [4.69, 9.17) is 11.6 Å². The van der Waals surface area contributed by atoms with Crippen molar-refractivity contribution in [2.24, 2.45) is 0 Å². The van der Waals surface area contributed by atoms with Crippen LogP contribution in [0.5, 0.6) is 0 Å². The van der Waals surface area contributed by atoms with Crippen LogP contribution < -0.4 is 10.2 Å². The number of hydrogen-bond donors (Lipinski definition) is 1. The first-order chi connectivity index (χ1) is 8.15. The van der Waals surface area contributed by atoms with E-state index in [0.717, 1.165) is 36.6 Å². The van der Waals surface area contributed by atoms with Gasteiger partial charge in [-0.25, -0.2) is 0 Å². The fourth-order valence-electron chi connectivity index (χ4n) is 2.29. The van der Waals surface area contributed by atoms with Crippen LogP contribution >= 0.6 is 11.6 Å². The molecule has 4 heteroatoms. The standard InChI is InChI=1S/C13H17ClN2O/c1-10(17)15-12-5-3-7-16(9-12)13-6-2-4-11(14)8-13/h2,4,6,8,12H,3,5,7,9H2,1H3,(H,15,17). The van der Waals surface area contributed by atoms with Gasteiger partial charge < -0.3 is 10.2 Å². The summed E-state index contributed by atoms with van der Waals surface area (Å²) in [5.74, 6) is 0.0444. The maximum atomic E-state index is 11.1. The summed E-state index contributed by atoms with van der Waals surface area (Å²) in [4.78, 5) is 13.3. The minimum absolute atomic E-state index is 0.0444. The van der Waals surface area contributed by atoms with Gasteiger partial charge in [0, 0.05) is 36.8 Å². The van der Waals surface area contributed by atoms with Gasteiger partial charge in [-0.05, 0) is 31.0 Å². The number of hydrogen-bond acceptors (Lipinski definition) is 2. The molecular formula is C13H17ClN2O. The maximum absolute atomic E-state index is 11.1. The molecule has 0 aliphatic carbocycles. The van der Waals surface area contributed by atoms with E-state index in [1.807, 2.05) is 18.2 Å². The maximum Gasteiger partial charge on any atom is 0.217 e. The van der Waals surface area contributed by atoms with Crippen molar-refractivity contribution >= 4 is 23.2 Å². The first kappa shape index (κ1) is 12.2. The molecule has 1 saturated heterocycles. The topological polar surface area (TPSA) is 32.3 Å². The van der Waals surface area contributed by atoms with Gasteiger partial charge in [0.1, 0.15) is 0 Å². The third-order valence-corrected chi connectivity index (χ3v) is 3.24. The second-order valence-corrected chi connectivity index (χ2v) is 4.90. The van der Waals surface area contributed by atoms with Crippen LogP contribution in [0.1, 0.15) is 19.8 Å². The quantitative estimate of drug-likeness (QED) is 0.877. The highest BCUT2D eigenvalue weighted by Crippen LogP contribution is 2.23. The Kier molecular flexibility index (Phi) is 3.89. The molecule has 0 saturated carbocycles. The van der Waals surface area contributed by atoms with Crippen molar-refractivity contribution in [1.82, 2.24) is 5.32 Å². The van der Waals surface area contributed by atoms with Crippen molar-refractivity contribution in [2.45, 2.75) is 25.8 Å². The van der Waals surface area contributed by atoms with Gasteiger partial charge in [0.15, 0.2) is 0 Å². The number of rotatable bonds is 2. The van der Waals surface area contributed by atoms with Crippen LogP contribution in [0, 0.1) is 0 Å². The van der Waals surface area contributed by atoms with Crippen molar-refractivity contribution in [3.05, 3.63) is 29.3 Å². The molecule has 17 heavy (non-hydrogen) atoms. The third kappa shape index (κ3) is 3.37. The molecule has 1 aromatic carbocycles. The Labute approximate surface area is 107 Å². The average Bonchev–Trinajstić information content (AvgIpc) is 2.28. The normalized spacial score (nSPS) is 20.1. The van der Waals surface area contributed by atoms with Crippen LogP contribution in [0.2, 0.25) is 5.02 Å². The van der Waals surface area contributed by atoms with Crippen LogP contribution in [0.25, 0.3) is 0 Å². The first-order valence-corrected chi connectivity index (χ1v) is 6.30. The Balaban J connectivity index is 2.04. The van der Waals surface area contributed by atoms with Crippen molar-refractivity contribution < 1.29 is 4.79 Å². The summed E-state index contributed by atoms with van der Waals surface area (Å²) < 4.78 is 0. The lowest BCUT2D eigenvalue weighted by molar-refractivity contribution is -0.119. The molecule has 1 unspecified atom stereocenters. The van der Waals surface area contributed by atoms with Crippen LogP contribution in [-0.2, 0) is 4.79 Å². The van der Waals surface area contributed by atoms with Gasteiger partial charge >= 0.3 is 0 Å². The summed E-state index contributed by atoms with van der Waals surface area (Å²) in [7, 11) is 0. The van der Waals surface area contributed by atoms with Gasteiger partial charge in [-0.15, -0.1) is 0 Å². The SMILES string of the molecule is CC(=O)NC1CCCN(c2cccc(Cl)c2)C1. The number of amides is 1. The Morgan fingerprint density at radius 2 is 2.35 bits per heavy atom. The average molecular weight is 253 g/mol. The third-order valence-electron chi connectivity index (χ3n) is 3.00. The molecule has 1 fully saturated rings. The predicted molar refractivity (Wildman–Crippen MR) is 70.5 cm³/mol. The van der Waals surface area contributed by atoms with E-state index in [9.17, 15) is 4.79 Å². The van der Waals surface area contributed by atoms with Gasteiger partial charge in [0.2, 0.25) is 5.91 Å². The molecule has 0 bridgehead atoms. The Morgan fingerprint density at radius 3 is 3.06 bits per heavy atom. The highest BCUT2D eigenvalue weighted by atomic mass is 35.5. The van der Waals surface area contributed by atoms with E-state index in [0.29, 0.717) is 0 Å². The van der Waals surface area contributed by atoms with E-state index in [2.05, 4.69) is 16.3 Å². The number of anilines is 1. The number of carbonyl (C=O) groups is 1. The van der Waals surface area contributed by atoms with Crippen LogP contribution in [0.15, 0.2) is 24.3 Å². The molecule has 2 rings (SSSR count). The molecule has 1 aliphatic rings. The zero-order chi connectivity index (χ0) is 12.3. The summed E-state index contributed by atoms with van der Waals surface area (Å²) in [5, 5.41) is 3.74. The molecule has 0 aromatic heterocycles. The highest BCUT2D eigenvalue weighted by Gasteiger charge is 2.20.